The number of carbonyl (C=O) groups excluding carboxylic acids is 1. The summed E-state index contributed by atoms with van der Waals surface area (Å²) in [5, 5.41) is 12.3. The molecule has 1 amide bonds. The number of nitrogens with two attached hydrogens (primary N) is 1. The fourth-order valence-corrected chi connectivity index (χ4v) is 3.01. The largest absolute Gasteiger partial charge is 0.493 e. The molecule has 1 aromatic heterocycles. The van der Waals surface area contributed by atoms with E-state index in [1.54, 1.807) is 0 Å². The van der Waals surface area contributed by atoms with Crippen LogP contribution in [0, 0.1) is 13.8 Å². The molecule has 0 spiro atoms. The van der Waals surface area contributed by atoms with Crippen LogP contribution in [0.2, 0.25) is 0 Å². The lowest BCUT2D eigenvalue weighted by Crippen LogP contribution is -2.13. The number of aryl methyl sites for hydroxylation is 3. The van der Waals surface area contributed by atoms with E-state index in [0.717, 1.165) is 29.2 Å². The average Bonchev–Trinajstić information content (AvgIpc) is 2.98. The number of nitrogens with one attached hydrogen (secondary N) is 1. The Hall–Kier alpha value is -1.99. The first-order valence-electron chi connectivity index (χ1n) is 8.11. The monoisotopic (exact) mass is 348 g/mol. The average molecular weight is 348 g/mol. The van der Waals surface area contributed by atoms with Crippen LogP contribution in [0.15, 0.2) is 18.2 Å². The number of benzene rings is 1. The van der Waals surface area contributed by atoms with Gasteiger partial charge in [-0.1, -0.05) is 29.0 Å². The summed E-state index contributed by atoms with van der Waals surface area (Å²) in [6.07, 6.45) is 2.72. The molecule has 0 aliphatic heterocycles. The summed E-state index contributed by atoms with van der Waals surface area (Å²) in [6.45, 7) is 5.25. The van der Waals surface area contributed by atoms with Gasteiger partial charge in [0.1, 0.15) is 10.8 Å². The molecule has 3 N–H and O–H groups in total. The van der Waals surface area contributed by atoms with Gasteiger partial charge in [0.15, 0.2) is 0 Å². The van der Waals surface area contributed by atoms with Crippen molar-refractivity contribution < 1.29 is 9.53 Å². The predicted octanol–water partition coefficient (Wildman–Crippen LogP) is 2.84. The molecule has 130 valence electrons. The van der Waals surface area contributed by atoms with Crippen molar-refractivity contribution in [3.8, 4) is 5.75 Å². The highest BCUT2D eigenvalue weighted by molar-refractivity contribution is 7.15. The van der Waals surface area contributed by atoms with Crippen LogP contribution in [0.5, 0.6) is 5.75 Å². The molecule has 0 radical (unpaired) electrons. The minimum absolute atomic E-state index is 0.0682. The number of hydrogen-bond donors (Lipinski definition) is 2. The second-order valence-electron chi connectivity index (χ2n) is 5.66. The van der Waals surface area contributed by atoms with Crippen molar-refractivity contribution in [2.75, 3.05) is 18.5 Å². The van der Waals surface area contributed by atoms with Crippen LogP contribution >= 0.6 is 11.3 Å². The second kappa shape index (κ2) is 9.34. The van der Waals surface area contributed by atoms with Crippen LogP contribution in [0.25, 0.3) is 0 Å². The number of hydrogen-bond acceptors (Lipinski definition) is 6. The Labute approximate surface area is 146 Å². The maximum Gasteiger partial charge on any atom is 0.226 e. The number of nitrogens with zero attached hydrogens (tertiary/aromatic N) is 2. The first-order valence-corrected chi connectivity index (χ1v) is 8.92. The number of aromatic nitrogens is 2. The smallest absolute Gasteiger partial charge is 0.226 e. The molecule has 0 saturated heterocycles. The lowest BCUT2D eigenvalue weighted by Gasteiger charge is -2.09. The van der Waals surface area contributed by atoms with E-state index in [1.807, 2.05) is 19.1 Å². The van der Waals surface area contributed by atoms with Gasteiger partial charge < -0.3 is 15.8 Å². The number of ether oxygens (including phenoxy) is 1. The van der Waals surface area contributed by atoms with E-state index < -0.39 is 0 Å². The van der Waals surface area contributed by atoms with Crippen molar-refractivity contribution in [1.82, 2.24) is 10.2 Å². The number of anilines is 1. The van der Waals surface area contributed by atoms with Crippen LogP contribution in [-0.4, -0.2) is 29.3 Å². The van der Waals surface area contributed by atoms with Crippen LogP contribution in [-0.2, 0) is 11.2 Å². The maximum absolute atomic E-state index is 11.6. The van der Waals surface area contributed by atoms with Crippen molar-refractivity contribution in [1.29, 1.82) is 0 Å². The Balaban J connectivity index is 1.72. The SMILES string of the molecule is Cc1ccc(OCCCc2nnc(NC(=O)CCCN)s2)c(C)c1. The molecule has 2 aromatic rings. The molecule has 1 aromatic carbocycles. The number of carbonyl (C=O) groups is 1. The van der Waals surface area contributed by atoms with Gasteiger partial charge in [0, 0.05) is 12.8 Å². The maximum atomic E-state index is 11.6. The molecule has 0 saturated carbocycles. The number of amides is 1. The van der Waals surface area contributed by atoms with Crippen molar-refractivity contribution in [2.45, 2.75) is 39.5 Å². The predicted molar refractivity (Wildman–Crippen MR) is 96.6 cm³/mol. The minimum Gasteiger partial charge on any atom is -0.493 e. The summed E-state index contributed by atoms with van der Waals surface area (Å²) < 4.78 is 5.80. The highest BCUT2D eigenvalue weighted by Gasteiger charge is 2.08. The molecule has 0 bridgehead atoms. The highest BCUT2D eigenvalue weighted by Crippen LogP contribution is 2.20. The lowest BCUT2D eigenvalue weighted by atomic mass is 10.1. The molecule has 24 heavy (non-hydrogen) atoms. The summed E-state index contributed by atoms with van der Waals surface area (Å²) in [6, 6.07) is 6.16. The zero-order chi connectivity index (χ0) is 17.4. The third-order valence-electron chi connectivity index (χ3n) is 3.44. The standard InChI is InChI=1S/C17H24N4O2S/c1-12-7-8-14(13(2)11-12)23-10-4-6-16-20-21-17(24-16)19-15(22)5-3-9-18/h7-8,11H,3-6,9-10,18H2,1-2H3,(H,19,21,22). The Kier molecular flexibility index (Phi) is 7.14. The van der Waals surface area contributed by atoms with E-state index in [-0.39, 0.29) is 5.91 Å². The third-order valence-corrected chi connectivity index (χ3v) is 4.34. The highest BCUT2D eigenvalue weighted by atomic mass is 32.1. The molecule has 7 heteroatoms. The summed E-state index contributed by atoms with van der Waals surface area (Å²) in [5.74, 6) is 0.854. The Morgan fingerprint density at radius 2 is 2.12 bits per heavy atom. The fraction of sp³-hybridized carbons (Fsp3) is 0.471. The van der Waals surface area contributed by atoms with Gasteiger partial charge in [-0.2, -0.15) is 0 Å². The molecular weight excluding hydrogens is 324 g/mol. The Morgan fingerprint density at radius 3 is 2.88 bits per heavy atom. The van der Waals surface area contributed by atoms with Crippen molar-refractivity contribution in [3.05, 3.63) is 34.3 Å². The minimum atomic E-state index is -0.0682. The van der Waals surface area contributed by atoms with Gasteiger partial charge >= 0.3 is 0 Å². The quantitative estimate of drug-likeness (QED) is 0.680. The Bertz CT molecular complexity index is 672. The van der Waals surface area contributed by atoms with Gasteiger partial charge in [-0.3, -0.25) is 4.79 Å². The van der Waals surface area contributed by atoms with Gasteiger partial charge in [0.25, 0.3) is 0 Å². The Morgan fingerprint density at radius 1 is 1.29 bits per heavy atom. The molecule has 6 nitrogen and oxygen atoms in total. The molecule has 0 fully saturated rings. The molecule has 2 rings (SSSR count). The molecule has 0 aliphatic carbocycles. The first-order chi connectivity index (χ1) is 11.6. The molecule has 1 heterocycles. The van der Waals surface area contributed by atoms with Gasteiger partial charge in [0.05, 0.1) is 6.61 Å². The fourth-order valence-electron chi connectivity index (χ4n) is 2.22. The topological polar surface area (TPSA) is 90.1 Å². The molecule has 0 aliphatic rings. The lowest BCUT2D eigenvalue weighted by molar-refractivity contribution is -0.116. The second-order valence-corrected chi connectivity index (χ2v) is 6.72. The van der Waals surface area contributed by atoms with E-state index in [1.165, 1.54) is 16.9 Å². The molecule has 0 unspecified atom stereocenters. The van der Waals surface area contributed by atoms with Gasteiger partial charge in [-0.25, -0.2) is 0 Å². The van der Waals surface area contributed by atoms with Crippen LogP contribution in [0.4, 0.5) is 5.13 Å². The number of rotatable bonds is 9. The van der Waals surface area contributed by atoms with Crippen molar-refractivity contribution in [2.24, 2.45) is 5.73 Å². The van der Waals surface area contributed by atoms with E-state index in [9.17, 15) is 4.79 Å². The van der Waals surface area contributed by atoms with Gasteiger partial charge in [0.2, 0.25) is 11.0 Å². The summed E-state index contributed by atoms with van der Waals surface area (Å²) in [5.41, 5.74) is 7.76. The van der Waals surface area contributed by atoms with E-state index in [4.69, 9.17) is 10.5 Å². The first kappa shape index (κ1) is 18.4. The van der Waals surface area contributed by atoms with Crippen molar-refractivity contribution in [3.63, 3.8) is 0 Å². The summed E-state index contributed by atoms with van der Waals surface area (Å²) in [7, 11) is 0. The van der Waals surface area contributed by atoms with Crippen molar-refractivity contribution >= 4 is 22.4 Å². The summed E-state index contributed by atoms with van der Waals surface area (Å²) >= 11 is 1.41. The van der Waals surface area contributed by atoms with E-state index in [0.29, 0.717) is 31.1 Å². The summed E-state index contributed by atoms with van der Waals surface area (Å²) in [4.78, 5) is 11.6. The zero-order valence-electron chi connectivity index (χ0n) is 14.2. The van der Waals surface area contributed by atoms with Gasteiger partial charge in [-0.15, -0.1) is 10.2 Å². The third kappa shape index (κ3) is 5.90. The zero-order valence-corrected chi connectivity index (χ0v) is 15.0. The van der Waals surface area contributed by atoms with Crippen LogP contribution < -0.4 is 15.8 Å². The molecular formula is C17H24N4O2S. The van der Waals surface area contributed by atoms with Crippen LogP contribution in [0.3, 0.4) is 0 Å². The van der Waals surface area contributed by atoms with E-state index in [2.05, 4.69) is 28.5 Å². The van der Waals surface area contributed by atoms with Gasteiger partial charge in [-0.05, 0) is 44.9 Å². The van der Waals surface area contributed by atoms with Crippen LogP contribution in [0.1, 0.15) is 35.4 Å². The normalized spacial score (nSPS) is 10.6. The molecule has 0 atom stereocenters. The van der Waals surface area contributed by atoms with E-state index >= 15 is 0 Å².